The third kappa shape index (κ3) is 7.22. The highest BCUT2D eigenvalue weighted by Crippen LogP contribution is 2.27. The summed E-state index contributed by atoms with van der Waals surface area (Å²) in [6.07, 6.45) is -1.24. The summed E-state index contributed by atoms with van der Waals surface area (Å²) in [5, 5.41) is 25.9. The second-order valence-electron chi connectivity index (χ2n) is 8.03. The van der Waals surface area contributed by atoms with Gasteiger partial charge in [0.25, 0.3) is 0 Å². The molecule has 2 aromatic carbocycles. The summed E-state index contributed by atoms with van der Waals surface area (Å²) in [5.74, 6) is 1.11. The molecule has 34 heavy (non-hydrogen) atoms. The van der Waals surface area contributed by atoms with Gasteiger partial charge in [-0.2, -0.15) is 0 Å². The van der Waals surface area contributed by atoms with Gasteiger partial charge in [0.2, 0.25) is 0 Å². The molecule has 9 nitrogen and oxygen atoms in total. The van der Waals surface area contributed by atoms with Gasteiger partial charge in [0, 0.05) is 37.0 Å². The highest BCUT2D eigenvalue weighted by Gasteiger charge is 2.45. The number of hydrogen-bond donors (Lipinski definition) is 4. The Morgan fingerprint density at radius 1 is 1.09 bits per heavy atom. The standard InChI is InChI=1S/C24H33N3O6.ClH/c1-27(10-9-16-7-5-4-6-8-16)22-20(33-21(15-28)23(22)29)14-25-24(30)26-17-11-18(31-2)13-19(12-17)32-3;/h4-8,11-13,20-23,28-29H,9-10,14-15H2,1-3H3,(H2,25,26,30);1H/t20-,21+,22+,23-;/m1./s1. The van der Waals surface area contributed by atoms with Gasteiger partial charge in [-0.15, -0.1) is 12.4 Å². The van der Waals surface area contributed by atoms with Crippen LogP contribution in [0, 0.1) is 0 Å². The van der Waals surface area contributed by atoms with E-state index in [0.29, 0.717) is 23.7 Å². The number of carbonyl (C=O) groups is 1. The molecule has 0 aromatic heterocycles. The van der Waals surface area contributed by atoms with E-state index in [4.69, 9.17) is 14.2 Å². The normalized spacial score (nSPS) is 21.6. The molecule has 2 aromatic rings. The molecule has 1 heterocycles. The Labute approximate surface area is 206 Å². The summed E-state index contributed by atoms with van der Waals surface area (Å²) in [6, 6.07) is 14.3. The number of likely N-dealkylation sites (N-methyl/N-ethyl adjacent to an activating group) is 1. The lowest BCUT2D eigenvalue weighted by Gasteiger charge is -2.30. The number of halogens is 1. The molecular formula is C24H34ClN3O6. The molecule has 10 heteroatoms. The third-order valence-electron chi connectivity index (χ3n) is 5.82. The minimum Gasteiger partial charge on any atom is -0.497 e. The highest BCUT2D eigenvalue weighted by molar-refractivity contribution is 5.89. The van der Waals surface area contributed by atoms with Crippen LogP contribution in [0.2, 0.25) is 0 Å². The lowest BCUT2D eigenvalue weighted by Crippen LogP contribution is -2.50. The first-order valence-corrected chi connectivity index (χ1v) is 10.9. The van der Waals surface area contributed by atoms with Gasteiger partial charge in [0.15, 0.2) is 0 Å². The fourth-order valence-corrected chi connectivity index (χ4v) is 4.04. The maximum atomic E-state index is 12.5. The largest absolute Gasteiger partial charge is 0.497 e. The van der Waals surface area contributed by atoms with Crippen LogP contribution >= 0.6 is 12.4 Å². The Morgan fingerprint density at radius 2 is 1.74 bits per heavy atom. The Morgan fingerprint density at radius 3 is 2.32 bits per heavy atom. The van der Waals surface area contributed by atoms with E-state index in [2.05, 4.69) is 22.8 Å². The number of methoxy groups -OCH3 is 2. The van der Waals surface area contributed by atoms with Crippen molar-refractivity contribution in [2.45, 2.75) is 30.8 Å². The number of hydrogen-bond acceptors (Lipinski definition) is 7. The van der Waals surface area contributed by atoms with Crippen LogP contribution in [0.4, 0.5) is 10.5 Å². The number of anilines is 1. The number of carbonyl (C=O) groups excluding carboxylic acids is 1. The smallest absolute Gasteiger partial charge is 0.319 e. The summed E-state index contributed by atoms with van der Waals surface area (Å²) in [5.41, 5.74) is 1.71. The molecule has 0 bridgehead atoms. The van der Waals surface area contributed by atoms with Gasteiger partial charge >= 0.3 is 6.03 Å². The Balaban J connectivity index is 0.00000408. The predicted octanol–water partition coefficient (Wildman–Crippen LogP) is 1.91. The lowest BCUT2D eigenvalue weighted by molar-refractivity contribution is -0.0205. The molecule has 0 unspecified atom stereocenters. The van der Waals surface area contributed by atoms with E-state index in [0.717, 1.165) is 6.42 Å². The van der Waals surface area contributed by atoms with Crippen LogP contribution in [-0.2, 0) is 11.2 Å². The second-order valence-corrected chi connectivity index (χ2v) is 8.03. The third-order valence-corrected chi connectivity index (χ3v) is 5.82. The zero-order valence-corrected chi connectivity index (χ0v) is 20.5. The van der Waals surface area contributed by atoms with Crippen molar-refractivity contribution in [2.75, 3.05) is 46.3 Å². The summed E-state index contributed by atoms with van der Waals surface area (Å²) < 4.78 is 16.3. The number of urea groups is 1. The number of rotatable bonds is 10. The molecule has 2 amide bonds. The molecule has 1 aliphatic heterocycles. The molecular weight excluding hydrogens is 462 g/mol. The Bertz CT molecular complexity index is 881. The van der Waals surface area contributed by atoms with Gasteiger partial charge in [-0.1, -0.05) is 30.3 Å². The van der Waals surface area contributed by atoms with E-state index in [1.807, 2.05) is 30.1 Å². The van der Waals surface area contributed by atoms with E-state index in [1.54, 1.807) is 18.2 Å². The predicted molar refractivity (Wildman–Crippen MR) is 132 cm³/mol. The number of aliphatic hydroxyl groups is 2. The van der Waals surface area contributed by atoms with Gasteiger partial charge in [-0.3, -0.25) is 4.90 Å². The Kier molecular flexibility index (Phi) is 10.9. The number of aliphatic hydroxyl groups excluding tert-OH is 2. The molecule has 0 aliphatic carbocycles. The number of amides is 2. The van der Waals surface area contributed by atoms with Crippen molar-refractivity contribution >= 4 is 24.1 Å². The number of nitrogens with zero attached hydrogens (tertiary/aromatic N) is 1. The molecule has 0 radical (unpaired) electrons. The molecule has 0 spiro atoms. The zero-order valence-electron chi connectivity index (χ0n) is 19.6. The molecule has 188 valence electrons. The quantitative estimate of drug-likeness (QED) is 0.398. The summed E-state index contributed by atoms with van der Waals surface area (Å²) in [7, 11) is 4.98. The van der Waals surface area contributed by atoms with Crippen LogP contribution in [0.5, 0.6) is 11.5 Å². The molecule has 1 fully saturated rings. The van der Waals surface area contributed by atoms with Crippen LogP contribution in [-0.4, -0.2) is 86.5 Å². The number of nitrogens with one attached hydrogen (secondary N) is 2. The minimum absolute atomic E-state index is 0. The molecule has 4 N–H and O–H groups in total. The van der Waals surface area contributed by atoms with Gasteiger partial charge in [0.1, 0.15) is 23.7 Å². The summed E-state index contributed by atoms with van der Waals surface area (Å²) in [4.78, 5) is 14.5. The van der Waals surface area contributed by atoms with Crippen molar-refractivity contribution in [3.8, 4) is 11.5 Å². The van der Waals surface area contributed by atoms with Gasteiger partial charge < -0.3 is 35.1 Å². The van der Waals surface area contributed by atoms with Crippen LogP contribution in [0.15, 0.2) is 48.5 Å². The highest BCUT2D eigenvalue weighted by atomic mass is 35.5. The van der Waals surface area contributed by atoms with E-state index >= 15 is 0 Å². The average molecular weight is 496 g/mol. The van der Waals surface area contributed by atoms with Crippen molar-refractivity contribution in [3.05, 3.63) is 54.1 Å². The average Bonchev–Trinajstić information content (AvgIpc) is 3.16. The fraction of sp³-hybridized carbons (Fsp3) is 0.458. The monoisotopic (exact) mass is 495 g/mol. The van der Waals surface area contributed by atoms with Crippen molar-refractivity contribution in [1.82, 2.24) is 10.2 Å². The van der Waals surface area contributed by atoms with Crippen LogP contribution in [0.1, 0.15) is 5.56 Å². The van der Waals surface area contributed by atoms with Gasteiger partial charge in [-0.25, -0.2) is 4.79 Å². The first kappa shape index (κ1) is 27.7. The Hall–Kier alpha value is -2.56. The van der Waals surface area contributed by atoms with Crippen LogP contribution in [0.3, 0.4) is 0 Å². The molecule has 4 atom stereocenters. The van der Waals surface area contributed by atoms with Gasteiger partial charge in [0.05, 0.1) is 33.0 Å². The van der Waals surface area contributed by atoms with Crippen molar-refractivity contribution in [3.63, 3.8) is 0 Å². The second kappa shape index (κ2) is 13.4. The van der Waals surface area contributed by atoms with E-state index in [9.17, 15) is 15.0 Å². The first-order valence-electron chi connectivity index (χ1n) is 10.9. The number of ether oxygens (including phenoxy) is 3. The SMILES string of the molecule is COc1cc(NC(=O)NC[C@H]2O[C@@H](CO)[C@@H](O)[C@H]2N(C)CCc2ccccc2)cc(OC)c1.Cl. The van der Waals surface area contributed by atoms with Crippen molar-refractivity contribution < 1.29 is 29.2 Å². The maximum Gasteiger partial charge on any atom is 0.319 e. The molecule has 3 rings (SSSR count). The van der Waals surface area contributed by atoms with Crippen LogP contribution in [0.25, 0.3) is 0 Å². The molecule has 0 saturated carbocycles. The summed E-state index contributed by atoms with van der Waals surface area (Å²) >= 11 is 0. The lowest BCUT2D eigenvalue weighted by atomic mass is 10.0. The van der Waals surface area contributed by atoms with Crippen molar-refractivity contribution in [1.29, 1.82) is 0 Å². The maximum absolute atomic E-state index is 12.5. The van der Waals surface area contributed by atoms with E-state index in [1.165, 1.54) is 19.8 Å². The topological polar surface area (TPSA) is 113 Å². The molecule has 1 saturated heterocycles. The van der Waals surface area contributed by atoms with E-state index < -0.39 is 24.3 Å². The fourth-order valence-electron chi connectivity index (χ4n) is 4.04. The zero-order chi connectivity index (χ0) is 23.8. The van der Waals surface area contributed by atoms with Gasteiger partial charge in [-0.05, 0) is 19.0 Å². The minimum atomic E-state index is -0.867. The van der Waals surface area contributed by atoms with E-state index in [-0.39, 0.29) is 31.6 Å². The van der Waals surface area contributed by atoms with Crippen LogP contribution < -0.4 is 20.1 Å². The summed E-state index contributed by atoms with van der Waals surface area (Å²) in [6.45, 7) is 0.566. The number of benzene rings is 2. The molecule has 1 aliphatic rings. The first-order chi connectivity index (χ1) is 15.9. The van der Waals surface area contributed by atoms with Crippen molar-refractivity contribution in [2.24, 2.45) is 0 Å².